The minimum atomic E-state index is -4.55. The Kier molecular flexibility index (Phi) is 7.46. The number of fused-ring (bicyclic) bond motifs is 2. The molecule has 40 heavy (non-hydrogen) atoms. The van der Waals surface area contributed by atoms with Crippen LogP contribution in [0.2, 0.25) is 0 Å². The topological polar surface area (TPSA) is 63.7 Å². The average Bonchev–Trinajstić information content (AvgIpc) is 3.56. The number of aryl methyl sites for hydroxylation is 1. The van der Waals surface area contributed by atoms with E-state index in [-0.39, 0.29) is 39.7 Å². The van der Waals surface area contributed by atoms with E-state index >= 15 is 0 Å². The van der Waals surface area contributed by atoms with Gasteiger partial charge in [-0.05, 0) is 77.9 Å². The molecule has 1 heterocycles. The van der Waals surface area contributed by atoms with E-state index in [2.05, 4.69) is 0 Å². The molecule has 0 unspecified atom stereocenters. The quantitative estimate of drug-likeness (QED) is 0.307. The highest BCUT2D eigenvalue weighted by Gasteiger charge is 2.46. The zero-order valence-electron chi connectivity index (χ0n) is 22.6. The maximum absolute atomic E-state index is 14.0. The molecule has 1 spiro atoms. The number of amides is 1. The van der Waals surface area contributed by atoms with Crippen LogP contribution in [-0.2, 0) is 32.6 Å². The van der Waals surface area contributed by atoms with Gasteiger partial charge in [0.1, 0.15) is 5.75 Å². The Bertz CT molecular complexity index is 1530. The molecule has 3 aromatic rings. The summed E-state index contributed by atoms with van der Waals surface area (Å²) in [5.41, 5.74) is 2.11. The Hall–Kier alpha value is -3.33. The summed E-state index contributed by atoms with van der Waals surface area (Å²) in [5.74, 6) is 0.116. The second-order valence-corrected chi connectivity index (χ2v) is 12.9. The number of ether oxygens (including phenoxy) is 1. The zero-order valence-corrected chi connectivity index (χ0v) is 23.4. The lowest BCUT2D eigenvalue weighted by Gasteiger charge is -2.25. The van der Waals surface area contributed by atoms with Crippen molar-refractivity contribution in [1.82, 2.24) is 0 Å². The second-order valence-electron chi connectivity index (χ2n) is 10.7. The molecule has 1 aliphatic carbocycles. The largest absolute Gasteiger partial charge is 0.497 e. The van der Waals surface area contributed by atoms with Crippen LogP contribution >= 0.6 is 0 Å². The van der Waals surface area contributed by atoms with Gasteiger partial charge in [-0.2, -0.15) is 13.2 Å². The number of sulfone groups is 1. The van der Waals surface area contributed by atoms with Gasteiger partial charge in [-0.25, -0.2) is 8.42 Å². The van der Waals surface area contributed by atoms with Crippen molar-refractivity contribution >= 4 is 21.4 Å². The van der Waals surface area contributed by atoms with Crippen molar-refractivity contribution < 1.29 is 31.1 Å². The van der Waals surface area contributed by atoms with Crippen LogP contribution < -0.4 is 9.64 Å². The van der Waals surface area contributed by atoms with Crippen molar-refractivity contribution in [2.75, 3.05) is 24.3 Å². The Balaban J connectivity index is 1.43. The lowest BCUT2D eigenvalue weighted by molar-refractivity contribution is -0.137. The molecule has 1 fully saturated rings. The number of carbonyl (C=O) groups is 1. The molecular formula is C31H32F3NO4S. The molecule has 0 atom stereocenters. The summed E-state index contributed by atoms with van der Waals surface area (Å²) in [5, 5.41) is 0. The standard InChI is InChI=1S/C31H32F3NO4S/c1-3-40(37,38)24-11-6-21(7-12-24)8-15-29(36)35-20-30(16-4-5-17-30)27-18-22(9-14-28(27)35)25-13-10-23(39-2)19-26(25)31(32,33)34/h6-7,9-14,18-19H,3-5,8,15-17,20H2,1-2H3. The Morgan fingerprint density at radius 1 is 1.00 bits per heavy atom. The third kappa shape index (κ3) is 5.23. The third-order valence-corrected chi connectivity index (χ3v) is 10.1. The number of methoxy groups -OCH3 is 1. The van der Waals surface area contributed by atoms with Gasteiger partial charge in [0, 0.05) is 24.1 Å². The molecule has 0 bridgehead atoms. The Morgan fingerprint density at radius 3 is 2.33 bits per heavy atom. The van der Waals surface area contributed by atoms with E-state index in [0.717, 1.165) is 48.6 Å². The molecule has 1 saturated carbocycles. The van der Waals surface area contributed by atoms with Crippen molar-refractivity contribution in [2.45, 2.75) is 61.9 Å². The van der Waals surface area contributed by atoms with E-state index in [1.54, 1.807) is 48.2 Å². The van der Waals surface area contributed by atoms with Crippen molar-refractivity contribution in [3.8, 4) is 16.9 Å². The van der Waals surface area contributed by atoms with Gasteiger partial charge >= 0.3 is 6.18 Å². The van der Waals surface area contributed by atoms with Crippen molar-refractivity contribution in [1.29, 1.82) is 0 Å². The fourth-order valence-corrected chi connectivity index (χ4v) is 6.98. The molecule has 1 amide bonds. The summed E-state index contributed by atoms with van der Waals surface area (Å²) in [4.78, 5) is 15.5. The Morgan fingerprint density at radius 2 is 1.70 bits per heavy atom. The van der Waals surface area contributed by atoms with Crippen molar-refractivity contribution in [2.24, 2.45) is 0 Å². The van der Waals surface area contributed by atoms with Crippen LogP contribution in [0.4, 0.5) is 18.9 Å². The van der Waals surface area contributed by atoms with Gasteiger partial charge in [0.05, 0.1) is 23.3 Å². The van der Waals surface area contributed by atoms with E-state index < -0.39 is 21.6 Å². The zero-order chi connectivity index (χ0) is 28.7. The number of anilines is 1. The highest BCUT2D eigenvalue weighted by atomic mass is 32.2. The maximum Gasteiger partial charge on any atom is 0.417 e. The van der Waals surface area contributed by atoms with Gasteiger partial charge in [0.15, 0.2) is 9.84 Å². The van der Waals surface area contributed by atoms with Gasteiger partial charge in [-0.15, -0.1) is 0 Å². The molecular weight excluding hydrogens is 539 g/mol. The molecule has 0 aromatic heterocycles. The number of hydrogen-bond acceptors (Lipinski definition) is 4. The number of nitrogens with zero attached hydrogens (tertiary/aromatic N) is 1. The molecule has 5 nitrogen and oxygen atoms in total. The molecule has 0 radical (unpaired) electrons. The first-order valence-corrected chi connectivity index (χ1v) is 15.1. The summed E-state index contributed by atoms with van der Waals surface area (Å²) in [6.45, 7) is 2.12. The highest BCUT2D eigenvalue weighted by Crippen LogP contribution is 2.52. The van der Waals surface area contributed by atoms with Crippen LogP contribution in [0.5, 0.6) is 5.75 Å². The van der Waals surface area contributed by atoms with E-state index in [4.69, 9.17) is 4.74 Å². The minimum absolute atomic E-state index is 0.0264. The number of carbonyl (C=O) groups excluding carboxylic acids is 1. The van der Waals surface area contributed by atoms with E-state index in [1.807, 2.05) is 6.07 Å². The maximum atomic E-state index is 14.0. The lowest BCUT2D eigenvalue weighted by Crippen LogP contribution is -2.35. The summed E-state index contributed by atoms with van der Waals surface area (Å²) in [6, 6.07) is 15.9. The summed E-state index contributed by atoms with van der Waals surface area (Å²) in [6.07, 6.45) is -0.0551. The van der Waals surface area contributed by atoms with E-state index in [0.29, 0.717) is 18.5 Å². The first-order chi connectivity index (χ1) is 19.0. The summed E-state index contributed by atoms with van der Waals surface area (Å²) >= 11 is 0. The number of benzene rings is 3. The average molecular weight is 572 g/mol. The van der Waals surface area contributed by atoms with Gasteiger partial charge in [0.2, 0.25) is 5.91 Å². The molecule has 1 aliphatic heterocycles. The first kappa shape index (κ1) is 28.2. The monoisotopic (exact) mass is 571 g/mol. The minimum Gasteiger partial charge on any atom is -0.497 e. The van der Waals surface area contributed by atoms with Crippen molar-refractivity contribution in [3.05, 3.63) is 77.4 Å². The van der Waals surface area contributed by atoms with Crippen LogP contribution in [0.3, 0.4) is 0 Å². The molecule has 3 aromatic carbocycles. The number of halogens is 3. The van der Waals surface area contributed by atoms with Crippen LogP contribution in [0.15, 0.2) is 65.6 Å². The Labute approximate surface area is 232 Å². The van der Waals surface area contributed by atoms with Gasteiger partial charge in [-0.3, -0.25) is 4.79 Å². The predicted octanol–water partition coefficient (Wildman–Crippen LogP) is 6.97. The number of alkyl halides is 3. The number of rotatable bonds is 7. The highest BCUT2D eigenvalue weighted by molar-refractivity contribution is 7.91. The summed E-state index contributed by atoms with van der Waals surface area (Å²) in [7, 11) is -1.95. The van der Waals surface area contributed by atoms with E-state index in [1.165, 1.54) is 19.2 Å². The molecule has 212 valence electrons. The smallest absolute Gasteiger partial charge is 0.417 e. The third-order valence-electron chi connectivity index (χ3n) is 8.31. The second kappa shape index (κ2) is 10.6. The van der Waals surface area contributed by atoms with Crippen molar-refractivity contribution in [3.63, 3.8) is 0 Å². The molecule has 2 aliphatic rings. The molecule has 9 heteroatoms. The van der Waals surface area contributed by atoms with Crippen LogP contribution in [0.1, 0.15) is 55.7 Å². The fourth-order valence-electron chi connectivity index (χ4n) is 6.09. The predicted molar refractivity (Wildman–Crippen MR) is 148 cm³/mol. The van der Waals surface area contributed by atoms with E-state index in [9.17, 15) is 26.4 Å². The molecule has 0 N–H and O–H groups in total. The number of hydrogen-bond donors (Lipinski definition) is 0. The SMILES string of the molecule is CCS(=O)(=O)c1ccc(CCC(=O)N2CC3(CCCC3)c3cc(-c4ccc(OC)cc4C(F)(F)F)ccc32)cc1. The van der Waals surface area contributed by atoms with Gasteiger partial charge < -0.3 is 9.64 Å². The van der Waals surface area contributed by atoms with Crippen LogP contribution in [-0.4, -0.2) is 33.7 Å². The normalized spacial score (nSPS) is 16.4. The summed E-state index contributed by atoms with van der Waals surface area (Å²) < 4.78 is 71.1. The van der Waals surface area contributed by atoms with Gasteiger partial charge in [-0.1, -0.05) is 44.0 Å². The van der Waals surface area contributed by atoms with Gasteiger partial charge in [0.25, 0.3) is 0 Å². The lowest BCUT2D eigenvalue weighted by atomic mass is 9.79. The molecule has 0 saturated heterocycles. The fraction of sp³-hybridized carbons (Fsp3) is 0.387. The first-order valence-electron chi connectivity index (χ1n) is 13.5. The van der Waals surface area contributed by atoms with Crippen LogP contribution in [0, 0.1) is 0 Å². The van der Waals surface area contributed by atoms with Crippen LogP contribution in [0.25, 0.3) is 11.1 Å². The molecule has 5 rings (SSSR count).